The predicted octanol–water partition coefficient (Wildman–Crippen LogP) is 1.04. The zero-order valence-corrected chi connectivity index (χ0v) is 14.3. The van der Waals surface area contributed by atoms with E-state index in [2.05, 4.69) is 10.6 Å². The first-order valence-corrected chi connectivity index (χ1v) is 8.18. The zero-order chi connectivity index (χ0) is 17.4. The van der Waals surface area contributed by atoms with Crippen LogP contribution in [-0.2, 0) is 9.59 Å². The normalized spacial score (nSPS) is 30.3. The molecule has 0 spiro atoms. The van der Waals surface area contributed by atoms with Crippen LogP contribution >= 0.6 is 0 Å². The summed E-state index contributed by atoms with van der Waals surface area (Å²) >= 11 is 0. The first-order valence-electron chi connectivity index (χ1n) is 8.18. The minimum Gasteiger partial charge on any atom is -0.481 e. The van der Waals surface area contributed by atoms with E-state index in [-0.39, 0.29) is 41.3 Å². The lowest BCUT2D eigenvalue weighted by Gasteiger charge is -2.52. The molecule has 0 aromatic carbocycles. The number of hydrogen-bond acceptors (Lipinski definition) is 3. The Hall–Kier alpha value is -1.79. The van der Waals surface area contributed by atoms with Gasteiger partial charge in [0.25, 0.3) is 0 Å². The molecule has 2 aliphatic rings. The molecule has 130 valence electrons. The molecule has 1 unspecified atom stereocenters. The molecule has 3 N–H and O–H groups in total. The Labute approximate surface area is 136 Å². The fourth-order valence-corrected chi connectivity index (χ4v) is 3.93. The molecule has 3 amide bonds. The van der Waals surface area contributed by atoms with Crippen LogP contribution < -0.4 is 10.6 Å². The van der Waals surface area contributed by atoms with Crippen molar-refractivity contribution in [2.45, 2.75) is 52.6 Å². The van der Waals surface area contributed by atoms with Gasteiger partial charge in [-0.05, 0) is 31.1 Å². The molecule has 2 fully saturated rings. The van der Waals surface area contributed by atoms with E-state index in [1.807, 2.05) is 20.8 Å². The summed E-state index contributed by atoms with van der Waals surface area (Å²) in [6, 6.07) is -0.361. The summed E-state index contributed by atoms with van der Waals surface area (Å²) in [4.78, 5) is 36.3. The van der Waals surface area contributed by atoms with Gasteiger partial charge in [-0.2, -0.15) is 0 Å². The number of carboxylic acids is 1. The van der Waals surface area contributed by atoms with E-state index in [0.29, 0.717) is 19.5 Å². The van der Waals surface area contributed by atoms with Crippen LogP contribution in [0.15, 0.2) is 0 Å². The van der Waals surface area contributed by atoms with E-state index >= 15 is 0 Å². The number of hydrogen-bond donors (Lipinski definition) is 3. The van der Waals surface area contributed by atoms with Gasteiger partial charge in [0.2, 0.25) is 5.91 Å². The number of carboxylic acid groups (broad SMARTS) is 1. The fraction of sp³-hybridized carbons (Fsp3) is 0.812. The Morgan fingerprint density at radius 1 is 1.30 bits per heavy atom. The topological polar surface area (TPSA) is 98.7 Å². The minimum absolute atomic E-state index is 0.0210. The number of rotatable bonds is 4. The van der Waals surface area contributed by atoms with Gasteiger partial charge in [0.05, 0.1) is 5.92 Å². The standard InChI is InChI=1S/C16H27N3O4/c1-9(12-7-13(14(21)22)16(12,3)4)17-15(23)18-11-5-6-19(8-11)10(2)20/h9,11-13H,5-8H2,1-4H3,(H,21,22)(H2,17,18,23)/t9?,11-,12+,13-/m1/s1. The van der Waals surface area contributed by atoms with Crippen LogP contribution in [0, 0.1) is 17.3 Å². The molecule has 1 saturated carbocycles. The highest BCUT2D eigenvalue weighted by Gasteiger charge is 2.53. The molecular formula is C16H27N3O4. The maximum atomic E-state index is 12.1. The summed E-state index contributed by atoms with van der Waals surface area (Å²) in [5.41, 5.74) is -0.322. The van der Waals surface area contributed by atoms with E-state index in [1.165, 1.54) is 6.92 Å². The molecule has 1 heterocycles. The number of urea groups is 1. The Morgan fingerprint density at radius 3 is 2.43 bits per heavy atom. The van der Waals surface area contributed by atoms with Crippen molar-refractivity contribution in [3.63, 3.8) is 0 Å². The molecule has 1 saturated heterocycles. The molecule has 0 bridgehead atoms. The monoisotopic (exact) mass is 325 g/mol. The van der Waals surface area contributed by atoms with Crippen LogP contribution in [0.4, 0.5) is 4.79 Å². The van der Waals surface area contributed by atoms with Crippen molar-refractivity contribution in [3.05, 3.63) is 0 Å². The Balaban J connectivity index is 1.80. The Morgan fingerprint density at radius 2 is 1.96 bits per heavy atom. The van der Waals surface area contributed by atoms with Gasteiger partial charge >= 0.3 is 12.0 Å². The molecule has 7 nitrogen and oxygen atoms in total. The third-order valence-electron chi connectivity index (χ3n) is 5.57. The second kappa shape index (κ2) is 6.37. The SMILES string of the molecule is CC(=O)N1CC[C@@H](NC(=O)NC(C)[C@@H]2C[C@H](C(=O)O)C2(C)C)C1. The molecule has 0 aromatic heterocycles. The number of nitrogens with one attached hydrogen (secondary N) is 2. The number of nitrogens with zero attached hydrogens (tertiary/aromatic N) is 1. The van der Waals surface area contributed by atoms with E-state index < -0.39 is 5.97 Å². The highest BCUT2D eigenvalue weighted by Crippen LogP contribution is 2.52. The van der Waals surface area contributed by atoms with Gasteiger partial charge in [0.1, 0.15) is 0 Å². The Bertz CT molecular complexity index is 506. The van der Waals surface area contributed by atoms with Crippen molar-refractivity contribution in [2.24, 2.45) is 17.3 Å². The lowest BCUT2D eigenvalue weighted by atomic mass is 9.53. The molecule has 7 heteroatoms. The van der Waals surface area contributed by atoms with Gasteiger partial charge in [0, 0.05) is 32.1 Å². The Kier molecular flexibility index (Phi) is 4.87. The molecule has 4 atom stereocenters. The fourth-order valence-electron chi connectivity index (χ4n) is 3.93. The summed E-state index contributed by atoms with van der Waals surface area (Å²) in [7, 11) is 0. The molecular weight excluding hydrogens is 298 g/mol. The van der Waals surface area contributed by atoms with Gasteiger partial charge < -0.3 is 20.6 Å². The van der Waals surface area contributed by atoms with E-state index in [1.54, 1.807) is 4.90 Å². The maximum absolute atomic E-state index is 12.1. The van der Waals surface area contributed by atoms with Crippen LogP contribution in [0.25, 0.3) is 0 Å². The van der Waals surface area contributed by atoms with E-state index in [4.69, 9.17) is 0 Å². The highest BCUT2D eigenvalue weighted by atomic mass is 16.4. The van der Waals surface area contributed by atoms with Gasteiger partial charge in [-0.15, -0.1) is 0 Å². The van der Waals surface area contributed by atoms with Crippen molar-refractivity contribution >= 4 is 17.9 Å². The van der Waals surface area contributed by atoms with Crippen LogP contribution in [0.2, 0.25) is 0 Å². The van der Waals surface area contributed by atoms with Crippen molar-refractivity contribution < 1.29 is 19.5 Å². The second-order valence-corrected chi connectivity index (χ2v) is 7.41. The largest absolute Gasteiger partial charge is 0.481 e. The predicted molar refractivity (Wildman–Crippen MR) is 84.8 cm³/mol. The quantitative estimate of drug-likeness (QED) is 0.719. The van der Waals surface area contributed by atoms with E-state index in [9.17, 15) is 19.5 Å². The highest BCUT2D eigenvalue weighted by molar-refractivity contribution is 5.76. The van der Waals surface area contributed by atoms with Crippen LogP contribution in [0.5, 0.6) is 0 Å². The van der Waals surface area contributed by atoms with Crippen molar-refractivity contribution in [3.8, 4) is 0 Å². The summed E-state index contributed by atoms with van der Waals surface area (Å²) in [5.74, 6) is -0.942. The molecule has 0 aromatic rings. The molecule has 1 aliphatic carbocycles. The smallest absolute Gasteiger partial charge is 0.315 e. The number of carbonyl (C=O) groups is 3. The molecule has 1 aliphatic heterocycles. The number of aliphatic carboxylic acids is 1. The summed E-state index contributed by atoms with van der Waals surface area (Å²) in [6.07, 6.45) is 1.35. The van der Waals surface area contributed by atoms with Crippen LogP contribution in [0.1, 0.15) is 40.5 Å². The van der Waals surface area contributed by atoms with Gasteiger partial charge in [-0.3, -0.25) is 9.59 Å². The minimum atomic E-state index is -0.766. The lowest BCUT2D eigenvalue weighted by Crippen LogP contribution is -2.58. The van der Waals surface area contributed by atoms with Gasteiger partial charge in [-0.1, -0.05) is 13.8 Å². The summed E-state index contributed by atoms with van der Waals surface area (Å²) in [5, 5.41) is 15.0. The third kappa shape index (κ3) is 3.59. The summed E-state index contributed by atoms with van der Waals surface area (Å²) < 4.78 is 0. The lowest BCUT2D eigenvalue weighted by molar-refractivity contribution is -0.160. The molecule has 2 rings (SSSR count). The van der Waals surface area contributed by atoms with Crippen molar-refractivity contribution in [1.29, 1.82) is 0 Å². The zero-order valence-electron chi connectivity index (χ0n) is 14.3. The third-order valence-corrected chi connectivity index (χ3v) is 5.57. The van der Waals surface area contributed by atoms with E-state index in [0.717, 1.165) is 6.42 Å². The average molecular weight is 325 g/mol. The second-order valence-electron chi connectivity index (χ2n) is 7.41. The van der Waals surface area contributed by atoms with Crippen LogP contribution in [0.3, 0.4) is 0 Å². The molecule has 23 heavy (non-hydrogen) atoms. The van der Waals surface area contributed by atoms with Gasteiger partial charge in [-0.25, -0.2) is 4.79 Å². The first-order chi connectivity index (χ1) is 10.6. The van der Waals surface area contributed by atoms with Crippen LogP contribution in [-0.4, -0.2) is 53.1 Å². The maximum Gasteiger partial charge on any atom is 0.315 e. The summed E-state index contributed by atoms with van der Waals surface area (Å²) in [6.45, 7) is 8.55. The first kappa shape index (κ1) is 17.6. The number of likely N-dealkylation sites (tertiary alicyclic amines) is 1. The van der Waals surface area contributed by atoms with Crippen molar-refractivity contribution in [1.82, 2.24) is 15.5 Å². The number of carbonyl (C=O) groups excluding carboxylic acids is 2. The number of amides is 3. The molecule has 0 radical (unpaired) electrons. The van der Waals surface area contributed by atoms with Crippen molar-refractivity contribution in [2.75, 3.05) is 13.1 Å². The average Bonchev–Trinajstić information content (AvgIpc) is 2.85. The van der Waals surface area contributed by atoms with Gasteiger partial charge in [0.15, 0.2) is 0 Å².